The highest BCUT2D eigenvalue weighted by molar-refractivity contribution is 5.98. The third kappa shape index (κ3) is 2.46. The van der Waals surface area contributed by atoms with Gasteiger partial charge < -0.3 is 23.8 Å². The minimum Gasteiger partial charge on any atom is -0.486 e. The molecule has 1 aliphatic carbocycles. The van der Waals surface area contributed by atoms with Gasteiger partial charge in [-0.3, -0.25) is 4.79 Å². The molecule has 2 heterocycles. The van der Waals surface area contributed by atoms with Gasteiger partial charge in [0, 0.05) is 13.7 Å². The highest BCUT2D eigenvalue weighted by atomic mass is 16.6. The Bertz CT molecular complexity index is 605. The van der Waals surface area contributed by atoms with Crippen molar-refractivity contribution in [2.75, 3.05) is 33.5 Å². The van der Waals surface area contributed by atoms with E-state index in [1.165, 1.54) is 0 Å². The second kappa shape index (κ2) is 6.02. The molecule has 6 heteroatoms. The molecule has 124 valence electrons. The third-order valence-electron chi connectivity index (χ3n) is 4.90. The van der Waals surface area contributed by atoms with E-state index < -0.39 is 0 Å². The Balaban J connectivity index is 1.62. The molecule has 2 aliphatic heterocycles. The van der Waals surface area contributed by atoms with Crippen molar-refractivity contribution in [1.29, 1.82) is 0 Å². The van der Waals surface area contributed by atoms with Crippen molar-refractivity contribution in [3.05, 3.63) is 23.8 Å². The van der Waals surface area contributed by atoms with E-state index in [1.54, 1.807) is 7.11 Å². The molecule has 0 N–H and O–H groups in total. The average Bonchev–Trinajstić information content (AvgIpc) is 3.04. The lowest BCUT2D eigenvalue weighted by Gasteiger charge is -2.39. The number of hydrogen-bond acceptors (Lipinski definition) is 5. The van der Waals surface area contributed by atoms with Crippen LogP contribution in [0.3, 0.4) is 0 Å². The standard InChI is InChI=1S/C17H21NO5/c1-20-13-6-5-12-16(13)22-8-7-18(12)17(19)11-3-2-4-14-15(11)23-10-9-21-14/h2-4,12-13,16H,5-10H2,1H3/t12-,13-,16+/m0/s1. The molecule has 0 spiro atoms. The third-order valence-corrected chi connectivity index (χ3v) is 4.90. The number of nitrogens with zero attached hydrogens (tertiary/aromatic N) is 1. The second-order valence-electron chi connectivity index (χ2n) is 6.08. The lowest BCUT2D eigenvalue weighted by atomic mass is 10.1. The van der Waals surface area contributed by atoms with Crippen LogP contribution in [-0.4, -0.2) is 62.5 Å². The van der Waals surface area contributed by atoms with E-state index in [9.17, 15) is 4.79 Å². The molecule has 1 saturated heterocycles. The molecule has 2 fully saturated rings. The summed E-state index contributed by atoms with van der Waals surface area (Å²) in [6, 6.07) is 5.56. The van der Waals surface area contributed by atoms with E-state index in [0.29, 0.717) is 43.4 Å². The maximum absolute atomic E-state index is 13.1. The van der Waals surface area contributed by atoms with E-state index in [4.69, 9.17) is 18.9 Å². The van der Waals surface area contributed by atoms with Crippen LogP contribution in [0.25, 0.3) is 0 Å². The van der Waals surface area contributed by atoms with Crippen molar-refractivity contribution in [3.63, 3.8) is 0 Å². The van der Waals surface area contributed by atoms with Crippen molar-refractivity contribution >= 4 is 5.91 Å². The van der Waals surface area contributed by atoms with Crippen LogP contribution < -0.4 is 9.47 Å². The monoisotopic (exact) mass is 319 g/mol. The first kappa shape index (κ1) is 14.8. The number of para-hydroxylation sites is 1. The largest absolute Gasteiger partial charge is 0.486 e. The minimum absolute atomic E-state index is 0.0117. The maximum atomic E-state index is 13.1. The number of ether oxygens (including phenoxy) is 4. The van der Waals surface area contributed by atoms with E-state index in [2.05, 4.69) is 0 Å². The molecule has 3 atom stereocenters. The highest BCUT2D eigenvalue weighted by Crippen LogP contribution is 2.37. The van der Waals surface area contributed by atoms with Crippen LogP contribution in [0.2, 0.25) is 0 Å². The topological polar surface area (TPSA) is 57.2 Å². The molecule has 6 nitrogen and oxygen atoms in total. The Labute approximate surface area is 135 Å². The fourth-order valence-corrected chi connectivity index (χ4v) is 3.82. The van der Waals surface area contributed by atoms with Gasteiger partial charge >= 0.3 is 0 Å². The van der Waals surface area contributed by atoms with Gasteiger partial charge in [0.05, 0.1) is 24.3 Å². The van der Waals surface area contributed by atoms with Crippen molar-refractivity contribution < 1.29 is 23.7 Å². The summed E-state index contributed by atoms with van der Waals surface area (Å²) in [4.78, 5) is 15.0. The molecule has 0 radical (unpaired) electrons. The number of amides is 1. The number of fused-ring (bicyclic) bond motifs is 2. The molecule has 0 bridgehead atoms. The molecular formula is C17H21NO5. The van der Waals surface area contributed by atoms with Gasteiger partial charge in [-0.25, -0.2) is 0 Å². The summed E-state index contributed by atoms with van der Waals surface area (Å²) in [6.07, 6.45) is 1.86. The SMILES string of the molecule is CO[C@H]1CC[C@H]2[C@H]1OCCN2C(=O)c1cccc2c1OCCO2. The zero-order chi connectivity index (χ0) is 15.8. The van der Waals surface area contributed by atoms with Crippen molar-refractivity contribution in [2.45, 2.75) is 31.1 Å². The molecule has 23 heavy (non-hydrogen) atoms. The van der Waals surface area contributed by atoms with Gasteiger partial charge in [-0.2, -0.15) is 0 Å². The highest BCUT2D eigenvalue weighted by Gasteiger charge is 2.45. The summed E-state index contributed by atoms with van der Waals surface area (Å²) in [5, 5.41) is 0. The molecule has 0 aromatic heterocycles. The van der Waals surface area contributed by atoms with E-state index >= 15 is 0 Å². The lowest BCUT2D eigenvalue weighted by molar-refractivity contribution is -0.0947. The van der Waals surface area contributed by atoms with Crippen molar-refractivity contribution in [1.82, 2.24) is 4.90 Å². The zero-order valence-electron chi connectivity index (χ0n) is 13.2. The van der Waals surface area contributed by atoms with Gasteiger partial charge in [-0.15, -0.1) is 0 Å². The predicted octanol–water partition coefficient (Wildman–Crippen LogP) is 1.48. The van der Waals surface area contributed by atoms with Crippen LogP contribution in [0.15, 0.2) is 18.2 Å². The summed E-state index contributed by atoms with van der Waals surface area (Å²) >= 11 is 0. The van der Waals surface area contributed by atoms with E-state index in [-0.39, 0.29) is 24.2 Å². The number of benzene rings is 1. The first-order chi connectivity index (χ1) is 11.3. The summed E-state index contributed by atoms with van der Waals surface area (Å²) in [5.41, 5.74) is 0.573. The maximum Gasteiger partial charge on any atom is 0.258 e. The number of carbonyl (C=O) groups excluding carboxylic acids is 1. The first-order valence-corrected chi connectivity index (χ1v) is 8.13. The summed E-state index contributed by atoms with van der Waals surface area (Å²) in [5.74, 6) is 1.20. The molecule has 3 aliphatic rings. The Morgan fingerprint density at radius 1 is 1.22 bits per heavy atom. The normalized spacial score (nSPS) is 29.3. The number of morpholine rings is 1. The Kier molecular flexibility index (Phi) is 3.87. The smallest absolute Gasteiger partial charge is 0.258 e. The van der Waals surface area contributed by atoms with Crippen LogP contribution in [-0.2, 0) is 9.47 Å². The van der Waals surface area contributed by atoms with Gasteiger partial charge in [0.1, 0.15) is 19.3 Å². The molecule has 1 saturated carbocycles. The summed E-state index contributed by atoms with van der Waals surface area (Å²) in [7, 11) is 1.70. The van der Waals surface area contributed by atoms with Crippen LogP contribution in [0, 0.1) is 0 Å². The van der Waals surface area contributed by atoms with Crippen molar-refractivity contribution in [2.24, 2.45) is 0 Å². The molecular weight excluding hydrogens is 298 g/mol. The summed E-state index contributed by atoms with van der Waals surface area (Å²) < 4.78 is 22.6. The molecule has 0 unspecified atom stereocenters. The zero-order valence-corrected chi connectivity index (χ0v) is 13.2. The molecule has 1 amide bonds. The van der Waals surface area contributed by atoms with E-state index in [1.807, 2.05) is 23.1 Å². The van der Waals surface area contributed by atoms with Gasteiger partial charge in [0.15, 0.2) is 11.5 Å². The van der Waals surface area contributed by atoms with Crippen LogP contribution >= 0.6 is 0 Å². The molecule has 1 aromatic carbocycles. The van der Waals surface area contributed by atoms with Gasteiger partial charge in [-0.05, 0) is 25.0 Å². The van der Waals surface area contributed by atoms with E-state index in [0.717, 1.165) is 12.8 Å². The van der Waals surface area contributed by atoms with Crippen LogP contribution in [0.4, 0.5) is 0 Å². The van der Waals surface area contributed by atoms with Crippen molar-refractivity contribution in [3.8, 4) is 11.5 Å². The first-order valence-electron chi connectivity index (χ1n) is 8.13. The fraction of sp³-hybridized carbons (Fsp3) is 0.588. The Hall–Kier alpha value is -1.79. The number of carbonyl (C=O) groups is 1. The predicted molar refractivity (Wildman–Crippen MR) is 82.0 cm³/mol. The number of hydrogen-bond donors (Lipinski definition) is 0. The van der Waals surface area contributed by atoms with Crippen LogP contribution in [0.1, 0.15) is 23.2 Å². The average molecular weight is 319 g/mol. The minimum atomic E-state index is -0.0330. The molecule has 4 rings (SSSR count). The fourth-order valence-electron chi connectivity index (χ4n) is 3.82. The lowest BCUT2D eigenvalue weighted by Crippen LogP contribution is -2.53. The Morgan fingerprint density at radius 3 is 2.96 bits per heavy atom. The van der Waals surface area contributed by atoms with Gasteiger partial charge in [0.2, 0.25) is 0 Å². The summed E-state index contributed by atoms with van der Waals surface area (Å²) in [6.45, 7) is 2.13. The Morgan fingerprint density at radius 2 is 2.09 bits per heavy atom. The van der Waals surface area contributed by atoms with Gasteiger partial charge in [0.25, 0.3) is 5.91 Å². The quantitative estimate of drug-likeness (QED) is 0.826. The number of rotatable bonds is 2. The molecule has 1 aromatic rings. The van der Waals surface area contributed by atoms with Gasteiger partial charge in [-0.1, -0.05) is 6.07 Å². The number of methoxy groups -OCH3 is 1. The second-order valence-corrected chi connectivity index (χ2v) is 6.08. The van der Waals surface area contributed by atoms with Crippen LogP contribution in [0.5, 0.6) is 11.5 Å².